The van der Waals surface area contributed by atoms with Gasteiger partial charge in [0.1, 0.15) is 11.7 Å². The molecule has 1 amide bonds. The van der Waals surface area contributed by atoms with Crippen LogP contribution < -0.4 is 15.5 Å². The number of likely N-dealkylation sites (N-methyl/N-ethyl adjacent to an activating group) is 1. The van der Waals surface area contributed by atoms with Gasteiger partial charge in [0.2, 0.25) is 5.91 Å². The molecule has 1 aromatic rings. The summed E-state index contributed by atoms with van der Waals surface area (Å²) in [4.78, 5) is 24.6. The third-order valence-corrected chi connectivity index (χ3v) is 3.65. The number of benzene rings is 1. The molecule has 1 fully saturated rings. The molecule has 1 aliphatic rings. The lowest BCUT2D eigenvalue weighted by atomic mass is 10.1. The van der Waals surface area contributed by atoms with E-state index in [9.17, 15) is 14.9 Å². The van der Waals surface area contributed by atoms with Crippen LogP contribution in [0.15, 0.2) is 18.2 Å². The van der Waals surface area contributed by atoms with Gasteiger partial charge in [-0.1, -0.05) is 17.7 Å². The third kappa shape index (κ3) is 3.25. The van der Waals surface area contributed by atoms with Crippen molar-refractivity contribution in [3.63, 3.8) is 0 Å². The summed E-state index contributed by atoms with van der Waals surface area (Å²) < 4.78 is 0. The van der Waals surface area contributed by atoms with Crippen molar-refractivity contribution in [2.24, 2.45) is 0 Å². The normalized spacial score (nSPS) is 18.4. The quantitative estimate of drug-likeness (QED) is 0.643. The molecule has 1 unspecified atom stereocenters. The van der Waals surface area contributed by atoms with E-state index in [1.807, 2.05) is 6.92 Å². The highest BCUT2D eigenvalue weighted by Crippen LogP contribution is 2.36. The Labute approximate surface area is 127 Å². The summed E-state index contributed by atoms with van der Waals surface area (Å²) in [5.74, 6) is -0.168. The fourth-order valence-electron chi connectivity index (χ4n) is 2.43. The fraction of sp³-hybridized carbons (Fsp3) is 0.462. The van der Waals surface area contributed by atoms with E-state index >= 15 is 0 Å². The van der Waals surface area contributed by atoms with E-state index < -0.39 is 11.0 Å². The summed E-state index contributed by atoms with van der Waals surface area (Å²) in [6, 6.07) is 4.02. The van der Waals surface area contributed by atoms with Gasteiger partial charge in [-0.3, -0.25) is 14.9 Å². The number of nitrogens with zero attached hydrogens (tertiary/aromatic N) is 2. The molecule has 1 aromatic carbocycles. The van der Waals surface area contributed by atoms with E-state index in [0.717, 1.165) is 0 Å². The molecule has 21 heavy (non-hydrogen) atoms. The second-order valence-corrected chi connectivity index (χ2v) is 5.08. The zero-order valence-electron chi connectivity index (χ0n) is 11.6. The van der Waals surface area contributed by atoms with E-state index in [-0.39, 0.29) is 16.6 Å². The second kappa shape index (κ2) is 6.73. The van der Waals surface area contributed by atoms with Crippen molar-refractivity contribution < 1.29 is 9.72 Å². The van der Waals surface area contributed by atoms with Crippen LogP contribution in [0.3, 0.4) is 0 Å². The molecular weight excluding hydrogens is 296 g/mol. The third-order valence-electron chi connectivity index (χ3n) is 3.35. The highest BCUT2D eigenvalue weighted by molar-refractivity contribution is 6.34. The topological polar surface area (TPSA) is 87.5 Å². The Morgan fingerprint density at radius 1 is 1.62 bits per heavy atom. The van der Waals surface area contributed by atoms with Crippen molar-refractivity contribution >= 4 is 28.9 Å². The lowest BCUT2D eigenvalue weighted by Crippen LogP contribution is -2.58. The van der Waals surface area contributed by atoms with Crippen molar-refractivity contribution in [2.45, 2.75) is 13.0 Å². The summed E-state index contributed by atoms with van der Waals surface area (Å²) in [5.41, 5.74) is 0.223. The van der Waals surface area contributed by atoms with Gasteiger partial charge < -0.3 is 15.5 Å². The molecule has 1 heterocycles. The molecule has 0 aromatic heterocycles. The first-order valence-corrected chi connectivity index (χ1v) is 7.12. The van der Waals surface area contributed by atoms with Gasteiger partial charge in [-0.25, -0.2) is 0 Å². The number of amides is 1. The number of carbonyl (C=O) groups excluding carboxylic acids is 1. The van der Waals surface area contributed by atoms with E-state index in [1.165, 1.54) is 12.1 Å². The number of carbonyl (C=O) groups is 1. The molecule has 114 valence electrons. The Morgan fingerprint density at radius 3 is 3.05 bits per heavy atom. The fourth-order valence-corrected chi connectivity index (χ4v) is 2.71. The van der Waals surface area contributed by atoms with Crippen LogP contribution in [0, 0.1) is 10.1 Å². The summed E-state index contributed by atoms with van der Waals surface area (Å²) in [6.45, 7) is 3.88. The first-order valence-electron chi connectivity index (χ1n) is 6.74. The number of para-hydroxylation sites is 1. The molecule has 0 bridgehead atoms. The van der Waals surface area contributed by atoms with E-state index in [1.54, 1.807) is 11.0 Å². The largest absolute Gasteiger partial charge is 0.355 e. The first kappa shape index (κ1) is 15.5. The Morgan fingerprint density at radius 2 is 2.38 bits per heavy atom. The van der Waals surface area contributed by atoms with Gasteiger partial charge >= 0.3 is 0 Å². The number of nitro groups is 1. The number of nitrogens with one attached hydrogen (secondary N) is 2. The molecule has 1 atom stereocenters. The Balaban J connectivity index is 2.42. The van der Waals surface area contributed by atoms with Gasteiger partial charge in [-0.2, -0.15) is 0 Å². The number of hydrogen-bond acceptors (Lipinski definition) is 5. The number of piperazine rings is 1. The minimum Gasteiger partial charge on any atom is -0.355 e. The van der Waals surface area contributed by atoms with Crippen LogP contribution in [-0.2, 0) is 4.79 Å². The molecule has 2 rings (SSSR count). The maximum absolute atomic E-state index is 12.2. The van der Waals surface area contributed by atoms with Gasteiger partial charge in [0, 0.05) is 32.2 Å². The minimum atomic E-state index is -0.516. The van der Waals surface area contributed by atoms with E-state index in [2.05, 4.69) is 10.6 Å². The number of hydrogen-bond donors (Lipinski definition) is 2. The number of halogens is 1. The predicted octanol–water partition coefficient (Wildman–Crippen LogP) is 1.16. The van der Waals surface area contributed by atoms with Crippen LogP contribution in [0.5, 0.6) is 0 Å². The number of rotatable bonds is 4. The average molecular weight is 313 g/mol. The van der Waals surface area contributed by atoms with Crippen molar-refractivity contribution in [3.05, 3.63) is 33.3 Å². The minimum absolute atomic E-state index is 0.0845. The lowest BCUT2D eigenvalue weighted by molar-refractivity contribution is -0.384. The smallest absolute Gasteiger partial charge is 0.294 e. The van der Waals surface area contributed by atoms with Crippen LogP contribution in [0.1, 0.15) is 6.92 Å². The monoisotopic (exact) mass is 312 g/mol. The lowest BCUT2D eigenvalue weighted by Gasteiger charge is -2.36. The Bertz CT molecular complexity index is 552. The molecule has 1 aliphatic heterocycles. The summed E-state index contributed by atoms with van der Waals surface area (Å²) in [6.07, 6.45) is 0. The van der Waals surface area contributed by atoms with E-state index in [4.69, 9.17) is 11.6 Å². The molecule has 8 heteroatoms. The Kier molecular flexibility index (Phi) is 4.98. The Hall–Kier alpha value is -1.86. The zero-order valence-corrected chi connectivity index (χ0v) is 12.4. The van der Waals surface area contributed by atoms with Gasteiger partial charge in [0.05, 0.1) is 9.95 Å². The van der Waals surface area contributed by atoms with Crippen molar-refractivity contribution in [2.75, 3.05) is 31.1 Å². The number of anilines is 1. The summed E-state index contributed by atoms with van der Waals surface area (Å²) in [7, 11) is 0. The van der Waals surface area contributed by atoms with Crippen molar-refractivity contribution in [1.29, 1.82) is 0 Å². The van der Waals surface area contributed by atoms with Crippen LogP contribution >= 0.6 is 11.6 Å². The SMILES string of the molecule is CCNC(=O)C1CNCCN1c1c(Cl)cccc1[N+](=O)[O-]. The molecule has 7 nitrogen and oxygen atoms in total. The standard InChI is InChI=1S/C13H17ClN4O3/c1-2-16-13(19)11-8-15-6-7-17(11)12-9(14)4-3-5-10(12)18(20)21/h3-5,11,15H,2,6-8H2,1H3,(H,16,19). The van der Waals surface area contributed by atoms with Crippen LogP contribution in [0.4, 0.5) is 11.4 Å². The van der Waals surface area contributed by atoms with Crippen LogP contribution in [0.2, 0.25) is 5.02 Å². The maximum Gasteiger partial charge on any atom is 0.294 e. The molecule has 2 N–H and O–H groups in total. The highest BCUT2D eigenvalue weighted by Gasteiger charge is 2.33. The zero-order chi connectivity index (χ0) is 15.4. The van der Waals surface area contributed by atoms with E-state index in [0.29, 0.717) is 31.9 Å². The van der Waals surface area contributed by atoms with Gasteiger partial charge in [-0.05, 0) is 13.0 Å². The molecule has 0 spiro atoms. The molecule has 1 saturated heterocycles. The van der Waals surface area contributed by atoms with Crippen molar-refractivity contribution in [3.8, 4) is 0 Å². The summed E-state index contributed by atoms with van der Waals surface area (Å²) in [5, 5.41) is 17.4. The van der Waals surface area contributed by atoms with Crippen LogP contribution in [0.25, 0.3) is 0 Å². The van der Waals surface area contributed by atoms with Gasteiger partial charge in [0.15, 0.2) is 0 Å². The van der Waals surface area contributed by atoms with Crippen LogP contribution in [-0.4, -0.2) is 43.1 Å². The number of nitro benzene ring substituents is 1. The maximum atomic E-state index is 12.2. The molecule has 0 saturated carbocycles. The highest BCUT2D eigenvalue weighted by atomic mass is 35.5. The molecule has 0 aliphatic carbocycles. The predicted molar refractivity (Wildman–Crippen MR) is 80.8 cm³/mol. The molecular formula is C13H17ClN4O3. The van der Waals surface area contributed by atoms with Crippen molar-refractivity contribution in [1.82, 2.24) is 10.6 Å². The second-order valence-electron chi connectivity index (χ2n) is 4.67. The molecule has 0 radical (unpaired) electrons. The van der Waals surface area contributed by atoms with Gasteiger partial charge in [0.25, 0.3) is 5.69 Å². The average Bonchev–Trinajstić information content (AvgIpc) is 2.47. The first-order chi connectivity index (χ1) is 10.1. The summed E-state index contributed by atoms with van der Waals surface area (Å²) >= 11 is 6.16. The van der Waals surface area contributed by atoms with Gasteiger partial charge in [-0.15, -0.1) is 0 Å².